The van der Waals surface area contributed by atoms with E-state index in [0.29, 0.717) is 18.3 Å². The van der Waals surface area contributed by atoms with Gasteiger partial charge in [0.15, 0.2) is 5.82 Å². The van der Waals surface area contributed by atoms with Gasteiger partial charge in [-0.05, 0) is 25.0 Å². The maximum absolute atomic E-state index is 9.20. The Hall–Kier alpha value is -2.67. The van der Waals surface area contributed by atoms with Gasteiger partial charge in [0.25, 0.3) is 0 Å². The van der Waals surface area contributed by atoms with Crippen LogP contribution in [0, 0.1) is 0 Å². The van der Waals surface area contributed by atoms with E-state index in [-0.39, 0.29) is 6.61 Å². The minimum atomic E-state index is 0.112. The number of rotatable bonds is 5. The summed E-state index contributed by atoms with van der Waals surface area (Å²) in [5.74, 6) is 1.94. The molecule has 4 rings (SSSR count). The van der Waals surface area contributed by atoms with Crippen LogP contribution < -0.4 is 9.64 Å². The number of nitrogens with zero attached hydrogens (tertiary/aromatic N) is 5. The number of fused-ring (bicyclic) bond motifs is 1. The largest absolute Gasteiger partial charge is 0.479 e. The molecule has 1 saturated heterocycles. The second-order valence-corrected chi connectivity index (χ2v) is 6.54. The molecule has 0 atom stereocenters. The number of hydrogen-bond acceptors (Lipinski definition) is 6. The zero-order chi connectivity index (χ0) is 17.9. The van der Waals surface area contributed by atoms with Gasteiger partial charge in [-0.1, -0.05) is 18.2 Å². The highest BCUT2D eigenvalue weighted by molar-refractivity contribution is 5.95. The predicted octanol–water partition coefficient (Wildman–Crippen LogP) is 2.21. The Kier molecular flexibility index (Phi) is 4.71. The van der Waals surface area contributed by atoms with Crippen molar-refractivity contribution < 1.29 is 9.84 Å². The van der Waals surface area contributed by atoms with Gasteiger partial charge in [-0.3, -0.25) is 4.68 Å². The summed E-state index contributed by atoms with van der Waals surface area (Å²) in [6, 6.07) is 10.2. The van der Waals surface area contributed by atoms with Gasteiger partial charge in [0.05, 0.1) is 20.3 Å². The Labute approximate surface area is 152 Å². The predicted molar refractivity (Wildman–Crippen MR) is 99.6 cm³/mol. The molecule has 7 heteroatoms. The monoisotopic (exact) mass is 353 g/mol. The lowest BCUT2D eigenvalue weighted by atomic mass is 9.93. The van der Waals surface area contributed by atoms with E-state index >= 15 is 0 Å². The van der Waals surface area contributed by atoms with Crippen molar-refractivity contribution in [1.29, 1.82) is 0 Å². The number of piperidine rings is 1. The molecule has 0 bridgehead atoms. The van der Waals surface area contributed by atoms with Crippen molar-refractivity contribution in [3.63, 3.8) is 0 Å². The molecule has 0 unspecified atom stereocenters. The fourth-order valence-corrected chi connectivity index (χ4v) is 3.81. The first-order valence-corrected chi connectivity index (χ1v) is 8.98. The van der Waals surface area contributed by atoms with Gasteiger partial charge < -0.3 is 14.7 Å². The third-order valence-electron chi connectivity index (χ3n) is 5.10. The topological polar surface area (TPSA) is 76.3 Å². The van der Waals surface area contributed by atoms with Gasteiger partial charge in [-0.25, -0.2) is 0 Å². The van der Waals surface area contributed by atoms with Crippen LogP contribution >= 0.6 is 0 Å². The van der Waals surface area contributed by atoms with Gasteiger partial charge in [0.1, 0.15) is 0 Å². The smallest absolute Gasteiger partial charge is 0.241 e. The first kappa shape index (κ1) is 16.8. The number of hydrogen-bond donors (Lipinski definition) is 1. The summed E-state index contributed by atoms with van der Waals surface area (Å²) in [4.78, 5) is 2.30. The van der Waals surface area contributed by atoms with E-state index in [1.807, 2.05) is 29.1 Å². The summed E-state index contributed by atoms with van der Waals surface area (Å²) >= 11 is 0. The second kappa shape index (κ2) is 7.29. The van der Waals surface area contributed by atoms with Crippen molar-refractivity contribution in [2.45, 2.75) is 25.3 Å². The van der Waals surface area contributed by atoms with Crippen LogP contribution in [0.15, 0.2) is 36.5 Å². The van der Waals surface area contributed by atoms with Crippen molar-refractivity contribution in [2.24, 2.45) is 0 Å². The van der Waals surface area contributed by atoms with Crippen molar-refractivity contribution in [3.8, 4) is 5.88 Å². The number of anilines is 1. The Morgan fingerprint density at radius 2 is 1.88 bits per heavy atom. The van der Waals surface area contributed by atoms with Crippen LogP contribution in [-0.4, -0.2) is 51.9 Å². The van der Waals surface area contributed by atoms with Crippen LogP contribution in [0.1, 0.15) is 24.5 Å². The third kappa shape index (κ3) is 2.99. The molecule has 0 radical (unpaired) electrons. The van der Waals surface area contributed by atoms with Crippen LogP contribution in [0.25, 0.3) is 10.8 Å². The van der Waals surface area contributed by atoms with E-state index in [9.17, 15) is 5.11 Å². The van der Waals surface area contributed by atoms with Crippen LogP contribution in [0.3, 0.4) is 0 Å². The molecular weight excluding hydrogens is 330 g/mol. The Morgan fingerprint density at radius 1 is 1.12 bits per heavy atom. The molecule has 3 heterocycles. The van der Waals surface area contributed by atoms with Crippen LogP contribution in [0.2, 0.25) is 0 Å². The molecule has 3 aromatic rings. The number of methoxy groups -OCH3 is 1. The van der Waals surface area contributed by atoms with Crippen molar-refractivity contribution in [2.75, 3.05) is 31.7 Å². The number of ether oxygens (including phenoxy) is 1. The van der Waals surface area contributed by atoms with Gasteiger partial charge in [0.2, 0.25) is 5.88 Å². The third-order valence-corrected chi connectivity index (χ3v) is 5.10. The molecule has 0 amide bonds. The maximum atomic E-state index is 9.20. The molecule has 0 aliphatic carbocycles. The standard InChI is InChI=1S/C19H23N5O2/c1-26-19-16-5-3-2-4-15(16)18(21-22-19)23-10-7-14(8-11-23)17-6-9-20-24(17)12-13-25/h2-6,9,14,25H,7-8,10-13H2,1H3. The van der Waals surface area contributed by atoms with E-state index < -0.39 is 0 Å². The molecule has 2 aromatic heterocycles. The average molecular weight is 353 g/mol. The van der Waals surface area contributed by atoms with E-state index in [4.69, 9.17) is 4.74 Å². The molecular formula is C19H23N5O2. The molecule has 1 aliphatic rings. The van der Waals surface area contributed by atoms with Gasteiger partial charge >= 0.3 is 0 Å². The molecule has 1 N–H and O–H groups in total. The molecule has 1 aromatic carbocycles. The van der Waals surface area contributed by atoms with E-state index in [1.54, 1.807) is 7.11 Å². The first-order chi connectivity index (χ1) is 12.8. The summed E-state index contributed by atoms with van der Waals surface area (Å²) in [6.45, 7) is 2.50. The summed E-state index contributed by atoms with van der Waals surface area (Å²) in [6.07, 6.45) is 3.87. The fraction of sp³-hybridized carbons (Fsp3) is 0.421. The van der Waals surface area contributed by atoms with E-state index in [1.165, 1.54) is 5.69 Å². The molecule has 136 valence electrons. The summed E-state index contributed by atoms with van der Waals surface area (Å²) < 4.78 is 7.27. The zero-order valence-corrected chi connectivity index (χ0v) is 14.9. The van der Waals surface area contributed by atoms with E-state index in [2.05, 4.69) is 32.3 Å². The van der Waals surface area contributed by atoms with Crippen molar-refractivity contribution >= 4 is 16.6 Å². The number of aliphatic hydroxyl groups is 1. The maximum Gasteiger partial charge on any atom is 0.241 e. The molecule has 0 saturated carbocycles. The van der Waals surface area contributed by atoms with Crippen LogP contribution in [-0.2, 0) is 6.54 Å². The lowest BCUT2D eigenvalue weighted by Gasteiger charge is -2.33. The number of benzene rings is 1. The highest BCUT2D eigenvalue weighted by Crippen LogP contribution is 2.34. The minimum Gasteiger partial charge on any atom is -0.479 e. The molecule has 0 spiro atoms. The SMILES string of the molecule is COc1nnc(N2CCC(c3ccnn3CCO)CC2)c2ccccc12. The highest BCUT2D eigenvalue weighted by atomic mass is 16.5. The number of aliphatic hydroxyl groups excluding tert-OH is 1. The van der Waals surface area contributed by atoms with Crippen molar-refractivity contribution in [1.82, 2.24) is 20.0 Å². The van der Waals surface area contributed by atoms with Crippen molar-refractivity contribution in [3.05, 3.63) is 42.2 Å². The first-order valence-electron chi connectivity index (χ1n) is 8.98. The molecule has 26 heavy (non-hydrogen) atoms. The molecule has 7 nitrogen and oxygen atoms in total. The minimum absolute atomic E-state index is 0.112. The summed E-state index contributed by atoms with van der Waals surface area (Å²) in [7, 11) is 1.62. The fourth-order valence-electron chi connectivity index (χ4n) is 3.81. The molecule has 1 aliphatic heterocycles. The average Bonchev–Trinajstić information content (AvgIpc) is 3.16. The normalized spacial score (nSPS) is 15.5. The van der Waals surface area contributed by atoms with Gasteiger partial charge in [-0.2, -0.15) is 5.10 Å². The van der Waals surface area contributed by atoms with E-state index in [0.717, 1.165) is 42.5 Å². The lowest BCUT2D eigenvalue weighted by Crippen LogP contribution is -2.34. The quantitative estimate of drug-likeness (QED) is 0.758. The molecule has 1 fully saturated rings. The summed E-state index contributed by atoms with van der Waals surface area (Å²) in [5, 5.41) is 24.3. The highest BCUT2D eigenvalue weighted by Gasteiger charge is 2.25. The number of aromatic nitrogens is 4. The zero-order valence-electron chi connectivity index (χ0n) is 14.9. The Bertz CT molecular complexity index is 887. The summed E-state index contributed by atoms with van der Waals surface area (Å²) in [5.41, 5.74) is 1.21. The van der Waals surface area contributed by atoms with Crippen LogP contribution in [0.5, 0.6) is 5.88 Å². The Balaban J connectivity index is 1.55. The second-order valence-electron chi connectivity index (χ2n) is 6.54. The van der Waals surface area contributed by atoms with Gasteiger partial charge in [-0.15, -0.1) is 10.2 Å². The lowest BCUT2D eigenvalue weighted by molar-refractivity contribution is 0.265. The van der Waals surface area contributed by atoms with Crippen LogP contribution in [0.4, 0.5) is 5.82 Å². The van der Waals surface area contributed by atoms with Gasteiger partial charge in [0, 0.05) is 41.7 Å². The Morgan fingerprint density at radius 3 is 2.62 bits per heavy atom.